The summed E-state index contributed by atoms with van der Waals surface area (Å²) in [6.07, 6.45) is 1.61. The Morgan fingerprint density at radius 2 is 2.28 bits per heavy atom. The summed E-state index contributed by atoms with van der Waals surface area (Å²) in [7, 11) is 0. The number of benzene rings is 1. The number of ether oxygens (including phenoxy) is 2. The molecule has 5 nitrogen and oxygen atoms in total. The molecule has 0 atom stereocenters. The van der Waals surface area contributed by atoms with Crippen LogP contribution in [0, 0.1) is 0 Å². The number of carbonyl (C=O) groups is 1. The van der Waals surface area contributed by atoms with E-state index in [9.17, 15) is 4.79 Å². The number of nitrogens with zero attached hydrogens (tertiary/aromatic N) is 1. The lowest BCUT2D eigenvalue weighted by Crippen LogP contribution is -2.22. The van der Waals surface area contributed by atoms with Crippen LogP contribution in [0.5, 0.6) is 11.5 Å². The van der Waals surface area contributed by atoms with E-state index in [1.165, 1.54) is 11.3 Å². The minimum atomic E-state index is -0.164. The maximum absolute atomic E-state index is 11.7. The highest BCUT2D eigenvalue weighted by molar-refractivity contribution is 7.11. The second-order valence-electron chi connectivity index (χ2n) is 3.71. The van der Waals surface area contributed by atoms with Crippen molar-refractivity contribution in [2.24, 2.45) is 0 Å². The Kier molecular flexibility index (Phi) is 2.85. The molecule has 0 aliphatic carbocycles. The van der Waals surface area contributed by atoms with Gasteiger partial charge in [0.2, 0.25) is 6.79 Å². The number of nitrogens with one attached hydrogen (secondary N) is 1. The second-order valence-corrected chi connectivity index (χ2v) is 4.60. The highest BCUT2D eigenvalue weighted by atomic mass is 32.1. The summed E-state index contributed by atoms with van der Waals surface area (Å²) in [5.74, 6) is 1.30. The van der Waals surface area contributed by atoms with Crippen LogP contribution in [0.15, 0.2) is 29.8 Å². The van der Waals surface area contributed by atoms with Crippen LogP contribution < -0.4 is 14.8 Å². The van der Waals surface area contributed by atoms with Crippen LogP contribution in [0.3, 0.4) is 0 Å². The Labute approximate surface area is 107 Å². The summed E-state index contributed by atoms with van der Waals surface area (Å²) >= 11 is 1.32. The van der Waals surface area contributed by atoms with Gasteiger partial charge < -0.3 is 14.8 Å². The molecule has 0 saturated carbocycles. The first kappa shape index (κ1) is 11.0. The normalized spacial score (nSPS) is 12.4. The molecule has 2 aromatic rings. The highest BCUT2D eigenvalue weighted by Gasteiger charge is 2.14. The van der Waals surface area contributed by atoms with Gasteiger partial charge in [-0.3, -0.25) is 4.79 Å². The van der Waals surface area contributed by atoms with E-state index in [0.717, 1.165) is 17.1 Å². The average molecular weight is 262 g/mol. The molecular formula is C12H10N2O3S. The Morgan fingerprint density at radius 1 is 1.39 bits per heavy atom. The zero-order valence-corrected chi connectivity index (χ0v) is 10.2. The van der Waals surface area contributed by atoms with Crippen LogP contribution in [-0.4, -0.2) is 17.7 Å². The van der Waals surface area contributed by atoms with Crippen molar-refractivity contribution in [2.75, 3.05) is 6.79 Å². The molecule has 0 saturated heterocycles. The van der Waals surface area contributed by atoms with Gasteiger partial charge in [-0.1, -0.05) is 6.07 Å². The van der Waals surface area contributed by atoms with Crippen molar-refractivity contribution in [3.05, 3.63) is 40.3 Å². The van der Waals surface area contributed by atoms with Crippen LogP contribution in [0.25, 0.3) is 0 Å². The van der Waals surface area contributed by atoms with Gasteiger partial charge in [-0.05, 0) is 17.7 Å². The molecule has 18 heavy (non-hydrogen) atoms. The number of fused-ring (bicyclic) bond motifs is 1. The summed E-state index contributed by atoms with van der Waals surface area (Å²) in [4.78, 5) is 15.6. The van der Waals surface area contributed by atoms with Crippen molar-refractivity contribution >= 4 is 17.2 Å². The molecule has 0 radical (unpaired) electrons. The summed E-state index contributed by atoms with van der Waals surface area (Å²) in [6.45, 7) is 0.694. The van der Waals surface area contributed by atoms with E-state index in [4.69, 9.17) is 9.47 Å². The molecule has 1 aromatic carbocycles. The second kappa shape index (κ2) is 4.66. The summed E-state index contributed by atoms with van der Waals surface area (Å²) in [5.41, 5.74) is 0.962. The van der Waals surface area contributed by atoms with Gasteiger partial charge in [0.1, 0.15) is 0 Å². The molecule has 1 aromatic heterocycles. The molecule has 92 valence electrons. The summed E-state index contributed by atoms with van der Waals surface area (Å²) in [5, 5.41) is 5.05. The predicted molar refractivity (Wildman–Crippen MR) is 65.8 cm³/mol. The molecule has 2 heterocycles. The van der Waals surface area contributed by atoms with Crippen molar-refractivity contribution in [3.8, 4) is 11.5 Å². The number of amides is 1. The quantitative estimate of drug-likeness (QED) is 0.916. The molecule has 6 heteroatoms. The van der Waals surface area contributed by atoms with Crippen LogP contribution >= 0.6 is 11.3 Å². The first-order valence-corrected chi connectivity index (χ1v) is 6.27. The minimum Gasteiger partial charge on any atom is -0.454 e. The third kappa shape index (κ3) is 2.14. The SMILES string of the molecule is O=C(NCc1ccc2c(c1)OCO2)c1nccs1. The van der Waals surface area contributed by atoms with Crippen molar-refractivity contribution in [1.29, 1.82) is 0 Å². The maximum atomic E-state index is 11.7. The lowest BCUT2D eigenvalue weighted by atomic mass is 10.2. The first-order valence-electron chi connectivity index (χ1n) is 5.39. The fraction of sp³-hybridized carbons (Fsp3) is 0.167. The van der Waals surface area contributed by atoms with Gasteiger partial charge in [0.15, 0.2) is 16.5 Å². The Morgan fingerprint density at radius 3 is 3.11 bits per heavy atom. The van der Waals surface area contributed by atoms with Gasteiger partial charge in [-0.15, -0.1) is 11.3 Å². The molecule has 1 amide bonds. The first-order chi connectivity index (χ1) is 8.83. The average Bonchev–Trinajstić information content (AvgIpc) is 3.05. The number of carbonyl (C=O) groups excluding carboxylic acids is 1. The van der Waals surface area contributed by atoms with E-state index in [-0.39, 0.29) is 12.7 Å². The van der Waals surface area contributed by atoms with Gasteiger partial charge in [-0.2, -0.15) is 0 Å². The van der Waals surface area contributed by atoms with Crippen molar-refractivity contribution in [1.82, 2.24) is 10.3 Å². The van der Waals surface area contributed by atoms with Gasteiger partial charge in [0, 0.05) is 18.1 Å². The highest BCUT2D eigenvalue weighted by Crippen LogP contribution is 2.32. The third-order valence-electron chi connectivity index (χ3n) is 2.52. The van der Waals surface area contributed by atoms with E-state index in [1.54, 1.807) is 11.6 Å². The molecule has 0 fully saturated rings. The Hall–Kier alpha value is -2.08. The lowest BCUT2D eigenvalue weighted by molar-refractivity contribution is 0.0950. The molecule has 1 aliphatic heterocycles. The topological polar surface area (TPSA) is 60.5 Å². The van der Waals surface area contributed by atoms with Gasteiger partial charge in [-0.25, -0.2) is 4.98 Å². The number of rotatable bonds is 3. The zero-order valence-electron chi connectivity index (χ0n) is 9.38. The van der Waals surface area contributed by atoms with E-state index in [0.29, 0.717) is 11.6 Å². The molecule has 3 rings (SSSR count). The smallest absolute Gasteiger partial charge is 0.280 e. The molecule has 0 unspecified atom stereocenters. The number of aromatic nitrogens is 1. The Balaban J connectivity index is 1.65. The maximum Gasteiger partial charge on any atom is 0.280 e. The molecular weight excluding hydrogens is 252 g/mol. The monoisotopic (exact) mass is 262 g/mol. The number of thiazole rings is 1. The van der Waals surface area contributed by atoms with Crippen molar-refractivity contribution in [3.63, 3.8) is 0 Å². The predicted octanol–water partition coefficient (Wildman–Crippen LogP) is 1.80. The van der Waals surface area contributed by atoms with Crippen LogP contribution in [0.1, 0.15) is 15.4 Å². The van der Waals surface area contributed by atoms with E-state index < -0.39 is 0 Å². The van der Waals surface area contributed by atoms with E-state index in [1.807, 2.05) is 18.2 Å². The standard InChI is InChI=1S/C12H10N2O3S/c15-11(12-13-3-4-18-12)14-6-8-1-2-9-10(5-8)17-7-16-9/h1-5H,6-7H2,(H,14,15). The van der Waals surface area contributed by atoms with Crippen molar-refractivity contribution in [2.45, 2.75) is 6.54 Å². The van der Waals surface area contributed by atoms with Crippen LogP contribution in [-0.2, 0) is 6.54 Å². The molecule has 1 aliphatic rings. The van der Waals surface area contributed by atoms with Crippen molar-refractivity contribution < 1.29 is 14.3 Å². The van der Waals surface area contributed by atoms with Gasteiger partial charge in [0.25, 0.3) is 5.91 Å². The number of hydrogen-bond donors (Lipinski definition) is 1. The van der Waals surface area contributed by atoms with Crippen LogP contribution in [0.2, 0.25) is 0 Å². The van der Waals surface area contributed by atoms with E-state index in [2.05, 4.69) is 10.3 Å². The largest absolute Gasteiger partial charge is 0.454 e. The van der Waals surface area contributed by atoms with E-state index >= 15 is 0 Å². The summed E-state index contributed by atoms with van der Waals surface area (Å²) < 4.78 is 10.5. The molecule has 0 bridgehead atoms. The minimum absolute atomic E-state index is 0.164. The number of hydrogen-bond acceptors (Lipinski definition) is 5. The van der Waals surface area contributed by atoms with Gasteiger partial charge >= 0.3 is 0 Å². The lowest BCUT2D eigenvalue weighted by Gasteiger charge is -2.04. The Bertz CT molecular complexity index is 569. The fourth-order valence-corrected chi connectivity index (χ4v) is 2.20. The third-order valence-corrected chi connectivity index (χ3v) is 3.29. The molecule has 0 spiro atoms. The summed E-state index contributed by atoms with van der Waals surface area (Å²) in [6, 6.07) is 5.60. The van der Waals surface area contributed by atoms with Crippen LogP contribution in [0.4, 0.5) is 0 Å². The molecule has 1 N–H and O–H groups in total. The fourth-order valence-electron chi connectivity index (χ4n) is 1.64. The van der Waals surface area contributed by atoms with Gasteiger partial charge in [0.05, 0.1) is 0 Å². The zero-order chi connectivity index (χ0) is 12.4.